The number of carbonyl (C=O) groups is 1. The zero-order valence-electron chi connectivity index (χ0n) is 12.4. The molecule has 0 saturated heterocycles. The van der Waals surface area contributed by atoms with E-state index in [4.69, 9.17) is 11.6 Å². The molecule has 0 fully saturated rings. The Balaban J connectivity index is 2.22. The minimum Gasteiger partial charge on any atom is -0.465 e. The largest absolute Gasteiger partial charge is 0.465 e. The van der Waals surface area contributed by atoms with Crippen LogP contribution in [-0.4, -0.2) is 18.1 Å². The molecule has 1 N–H and O–H groups in total. The Morgan fingerprint density at radius 3 is 2.81 bits per heavy atom. The number of carbonyl (C=O) groups excluding carboxylic acids is 1. The zero-order valence-corrected chi connectivity index (χ0v) is 13.9. The van der Waals surface area contributed by atoms with Gasteiger partial charge in [-0.25, -0.2) is 9.78 Å². The average molecular weight is 325 g/mol. The Labute approximate surface area is 133 Å². The van der Waals surface area contributed by atoms with Gasteiger partial charge in [-0.1, -0.05) is 41.1 Å². The third kappa shape index (κ3) is 3.36. The van der Waals surface area contributed by atoms with E-state index in [-0.39, 0.29) is 11.2 Å². The van der Waals surface area contributed by atoms with E-state index in [1.165, 1.54) is 35.1 Å². The van der Waals surface area contributed by atoms with Crippen LogP contribution >= 0.6 is 22.9 Å². The monoisotopic (exact) mass is 324 g/mol. The molecule has 1 atom stereocenters. The summed E-state index contributed by atoms with van der Waals surface area (Å²) in [6, 6.07) is 6.26. The number of halogens is 1. The Kier molecular flexibility index (Phi) is 4.85. The van der Waals surface area contributed by atoms with E-state index in [1.54, 1.807) is 0 Å². The molecule has 112 valence electrons. The molecule has 21 heavy (non-hydrogen) atoms. The molecule has 1 aromatic heterocycles. The number of esters is 1. The van der Waals surface area contributed by atoms with Crippen LogP contribution in [0.2, 0.25) is 5.15 Å². The molecule has 2 rings (SSSR count). The van der Waals surface area contributed by atoms with Gasteiger partial charge in [0.25, 0.3) is 0 Å². The molecule has 0 radical (unpaired) electrons. The molecule has 1 unspecified atom stereocenters. The van der Waals surface area contributed by atoms with Crippen LogP contribution in [0.3, 0.4) is 0 Å². The summed E-state index contributed by atoms with van der Waals surface area (Å²) in [6.45, 7) is 6.23. The molecular formula is C15H17ClN2O2S. The minimum atomic E-state index is -0.468. The molecule has 0 bridgehead atoms. The first kappa shape index (κ1) is 15.8. The fourth-order valence-electron chi connectivity index (χ4n) is 2.09. The maximum atomic E-state index is 11.5. The van der Waals surface area contributed by atoms with Crippen molar-refractivity contribution < 1.29 is 9.53 Å². The Hall–Kier alpha value is -1.59. The van der Waals surface area contributed by atoms with Crippen molar-refractivity contribution in [3.63, 3.8) is 0 Å². The molecule has 1 aromatic carbocycles. The first-order valence-corrected chi connectivity index (χ1v) is 7.70. The van der Waals surface area contributed by atoms with Gasteiger partial charge < -0.3 is 10.1 Å². The van der Waals surface area contributed by atoms with Crippen molar-refractivity contribution >= 4 is 34.0 Å². The molecule has 0 amide bonds. The van der Waals surface area contributed by atoms with E-state index in [0.717, 1.165) is 0 Å². The lowest BCUT2D eigenvalue weighted by atomic mass is 9.99. The van der Waals surface area contributed by atoms with Crippen molar-refractivity contribution in [1.82, 2.24) is 4.98 Å². The maximum Gasteiger partial charge on any atom is 0.351 e. The van der Waals surface area contributed by atoms with Crippen LogP contribution in [0.5, 0.6) is 0 Å². The van der Waals surface area contributed by atoms with E-state index in [2.05, 4.69) is 47.9 Å². The van der Waals surface area contributed by atoms with Gasteiger partial charge in [0.2, 0.25) is 0 Å². The third-order valence-corrected chi connectivity index (χ3v) is 4.76. The van der Waals surface area contributed by atoms with Crippen molar-refractivity contribution in [3.8, 4) is 0 Å². The van der Waals surface area contributed by atoms with Crippen molar-refractivity contribution in [2.75, 3.05) is 12.4 Å². The smallest absolute Gasteiger partial charge is 0.351 e. The van der Waals surface area contributed by atoms with Crippen molar-refractivity contribution in [3.05, 3.63) is 44.9 Å². The second-order valence-corrected chi connectivity index (χ2v) is 6.14. The quantitative estimate of drug-likeness (QED) is 0.848. The molecule has 0 aliphatic heterocycles. The highest BCUT2D eigenvalue weighted by Gasteiger charge is 2.19. The maximum absolute atomic E-state index is 11.5. The number of rotatable bonds is 4. The molecule has 4 nitrogen and oxygen atoms in total. The molecule has 6 heteroatoms. The average Bonchev–Trinajstić information content (AvgIpc) is 2.81. The van der Waals surface area contributed by atoms with Crippen molar-refractivity contribution in [2.45, 2.75) is 26.8 Å². The van der Waals surface area contributed by atoms with Crippen LogP contribution in [0.1, 0.15) is 39.3 Å². The number of aryl methyl sites for hydroxylation is 1. The number of hydrogen-bond acceptors (Lipinski definition) is 5. The van der Waals surface area contributed by atoms with Crippen LogP contribution < -0.4 is 5.32 Å². The molecule has 0 spiro atoms. The van der Waals surface area contributed by atoms with Gasteiger partial charge >= 0.3 is 5.97 Å². The highest BCUT2D eigenvalue weighted by Crippen LogP contribution is 2.31. The third-order valence-electron chi connectivity index (χ3n) is 3.41. The van der Waals surface area contributed by atoms with Crippen LogP contribution in [0, 0.1) is 13.8 Å². The van der Waals surface area contributed by atoms with E-state index in [1.807, 2.05) is 6.07 Å². The molecular weight excluding hydrogens is 308 g/mol. The molecule has 1 heterocycles. The van der Waals surface area contributed by atoms with Crippen molar-refractivity contribution in [2.24, 2.45) is 0 Å². The van der Waals surface area contributed by atoms with Gasteiger partial charge in [-0.2, -0.15) is 0 Å². The predicted molar refractivity (Wildman–Crippen MR) is 86.4 cm³/mol. The van der Waals surface area contributed by atoms with Crippen LogP contribution in [0.15, 0.2) is 18.2 Å². The Morgan fingerprint density at radius 1 is 1.43 bits per heavy atom. The number of thiazole rings is 1. The number of aromatic nitrogens is 1. The topological polar surface area (TPSA) is 51.2 Å². The minimum absolute atomic E-state index is 0.0672. The number of methoxy groups -OCH3 is 1. The summed E-state index contributed by atoms with van der Waals surface area (Å²) in [5.41, 5.74) is 3.68. The summed E-state index contributed by atoms with van der Waals surface area (Å²) in [6.07, 6.45) is 0. The number of benzene rings is 1. The van der Waals surface area contributed by atoms with Gasteiger partial charge in [-0.3, -0.25) is 0 Å². The fraction of sp³-hybridized carbons (Fsp3) is 0.333. The highest BCUT2D eigenvalue weighted by molar-refractivity contribution is 7.18. The first-order valence-electron chi connectivity index (χ1n) is 6.51. The molecule has 2 aromatic rings. The lowest BCUT2D eigenvalue weighted by Crippen LogP contribution is -2.08. The lowest BCUT2D eigenvalue weighted by Gasteiger charge is -2.17. The van der Waals surface area contributed by atoms with E-state index >= 15 is 0 Å². The number of nitrogens with one attached hydrogen (secondary N) is 1. The summed E-state index contributed by atoms with van der Waals surface area (Å²) < 4.78 is 4.67. The van der Waals surface area contributed by atoms with Gasteiger partial charge in [0, 0.05) is 0 Å². The van der Waals surface area contributed by atoms with Crippen LogP contribution in [0.4, 0.5) is 5.13 Å². The second-order valence-electron chi connectivity index (χ2n) is 4.79. The SMILES string of the molecule is COC(=O)c1sc(NC(C)c2cccc(C)c2C)nc1Cl. The summed E-state index contributed by atoms with van der Waals surface area (Å²) in [5.74, 6) is -0.468. The van der Waals surface area contributed by atoms with E-state index in [0.29, 0.717) is 10.0 Å². The summed E-state index contributed by atoms with van der Waals surface area (Å²) in [5, 5.41) is 4.06. The normalized spacial score (nSPS) is 12.0. The number of anilines is 1. The van der Waals surface area contributed by atoms with Gasteiger partial charge in [0.05, 0.1) is 13.2 Å². The Morgan fingerprint density at radius 2 is 2.14 bits per heavy atom. The lowest BCUT2D eigenvalue weighted by molar-refractivity contribution is 0.0606. The summed E-state index contributed by atoms with van der Waals surface area (Å²) in [4.78, 5) is 16.0. The van der Waals surface area contributed by atoms with Gasteiger partial charge in [0.1, 0.15) is 0 Å². The number of ether oxygens (including phenoxy) is 1. The number of hydrogen-bond donors (Lipinski definition) is 1. The van der Waals surface area contributed by atoms with E-state index < -0.39 is 5.97 Å². The molecule has 0 aliphatic carbocycles. The summed E-state index contributed by atoms with van der Waals surface area (Å²) in [7, 11) is 1.32. The van der Waals surface area contributed by atoms with Crippen LogP contribution in [0.25, 0.3) is 0 Å². The van der Waals surface area contributed by atoms with Gasteiger partial charge in [-0.05, 0) is 37.5 Å². The zero-order chi connectivity index (χ0) is 15.6. The van der Waals surface area contributed by atoms with Gasteiger partial charge in [-0.15, -0.1) is 0 Å². The number of nitrogens with zero attached hydrogens (tertiary/aromatic N) is 1. The highest BCUT2D eigenvalue weighted by atomic mass is 35.5. The predicted octanol–water partition coefficient (Wildman–Crippen LogP) is 4.37. The second kappa shape index (κ2) is 6.45. The molecule has 0 aliphatic rings. The van der Waals surface area contributed by atoms with Gasteiger partial charge in [0.15, 0.2) is 15.2 Å². The van der Waals surface area contributed by atoms with Crippen molar-refractivity contribution in [1.29, 1.82) is 0 Å². The van der Waals surface area contributed by atoms with Crippen LogP contribution in [-0.2, 0) is 4.74 Å². The Bertz CT molecular complexity index is 670. The fourth-order valence-corrected chi connectivity index (χ4v) is 3.28. The first-order chi connectivity index (χ1) is 9.93. The summed E-state index contributed by atoms with van der Waals surface area (Å²) >= 11 is 7.16. The standard InChI is InChI=1S/C15H17ClN2O2S/c1-8-6-5-7-11(9(8)2)10(3)17-15-18-13(16)12(21-15)14(19)20-4/h5-7,10H,1-4H3,(H,17,18). The molecule has 0 saturated carbocycles. The van der Waals surface area contributed by atoms with E-state index in [9.17, 15) is 4.79 Å².